The van der Waals surface area contributed by atoms with Crippen LogP contribution in [0.3, 0.4) is 0 Å². The van der Waals surface area contributed by atoms with Gasteiger partial charge in [0, 0.05) is 0 Å². The second-order valence-electron chi connectivity index (χ2n) is 4.28. The Labute approximate surface area is 131 Å². The maximum absolute atomic E-state index is 13.7. The summed E-state index contributed by atoms with van der Waals surface area (Å²) in [5, 5.41) is 4.05. The van der Waals surface area contributed by atoms with Crippen LogP contribution in [-0.4, -0.2) is 26.8 Å². The average molecular weight is 380 g/mol. The lowest BCUT2D eigenvalue weighted by Gasteiger charge is -2.25. The zero-order valence-electron chi connectivity index (χ0n) is 11.2. The standard InChI is InChI=1S/C13H10BrF4N3O/c1-3-12(15,13(16,17)18)22-10-6-4-9(5-7-10)21-8(2)19-11(14)20-21/h3-7H,1H2,2H3. The van der Waals surface area contributed by atoms with Gasteiger partial charge in [0.15, 0.2) is 0 Å². The maximum atomic E-state index is 13.7. The van der Waals surface area contributed by atoms with Crippen LogP contribution in [0.25, 0.3) is 5.69 Å². The molecule has 0 spiro atoms. The van der Waals surface area contributed by atoms with Crippen molar-refractivity contribution in [2.45, 2.75) is 19.0 Å². The van der Waals surface area contributed by atoms with E-state index in [9.17, 15) is 17.6 Å². The molecule has 2 rings (SSSR count). The smallest absolute Gasteiger partial charge is 0.447 e. The van der Waals surface area contributed by atoms with Gasteiger partial charge in [0.25, 0.3) is 0 Å². The van der Waals surface area contributed by atoms with Crippen LogP contribution in [0.2, 0.25) is 0 Å². The van der Waals surface area contributed by atoms with Crippen molar-refractivity contribution in [1.29, 1.82) is 0 Å². The molecule has 0 aliphatic carbocycles. The van der Waals surface area contributed by atoms with Gasteiger partial charge in [-0.15, -0.1) is 5.10 Å². The molecule has 118 valence electrons. The Bertz CT molecular complexity index is 684. The third kappa shape index (κ3) is 3.13. The molecule has 0 aliphatic rings. The number of halogens is 5. The number of aromatic nitrogens is 3. The first-order chi connectivity index (χ1) is 10.2. The third-order valence-corrected chi connectivity index (χ3v) is 3.08. The highest BCUT2D eigenvalue weighted by Gasteiger charge is 2.56. The number of nitrogens with zero attached hydrogens (tertiary/aromatic N) is 3. The Kier molecular flexibility index (Phi) is 4.28. The van der Waals surface area contributed by atoms with E-state index in [4.69, 9.17) is 0 Å². The molecule has 0 bridgehead atoms. The molecule has 0 amide bonds. The van der Waals surface area contributed by atoms with Crippen LogP contribution in [0.15, 0.2) is 41.7 Å². The molecule has 0 saturated heterocycles. The highest BCUT2D eigenvalue weighted by atomic mass is 79.9. The van der Waals surface area contributed by atoms with E-state index in [1.54, 1.807) is 6.92 Å². The van der Waals surface area contributed by atoms with Crippen molar-refractivity contribution in [3.05, 3.63) is 47.5 Å². The van der Waals surface area contributed by atoms with Crippen molar-refractivity contribution in [3.63, 3.8) is 0 Å². The van der Waals surface area contributed by atoms with E-state index in [-0.39, 0.29) is 11.8 Å². The lowest BCUT2D eigenvalue weighted by atomic mass is 10.2. The molecule has 1 atom stereocenters. The predicted molar refractivity (Wildman–Crippen MR) is 74.5 cm³/mol. The number of aryl methyl sites for hydroxylation is 1. The van der Waals surface area contributed by atoms with Gasteiger partial charge in [-0.05, 0) is 53.2 Å². The molecule has 2 aromatic rings. The van der Waals surface area contributed by atoms with E-state index < -0.39 is 12.0 Å². The van der Waals surface area contributed by atoms with Gasteiger partial charge in [-0.25, -0.2) is 9.67 Å². The zero-order valence-corrected chi connectivity index (χ0v) is 12.8. The molecular formula is C13H10BrF4N3O. The summed E-state index contributed by atoms with van der Waals surface area (Å²) < 4.78 is 57.7. The topological polar surface area (TPSA) is 39.9 Å². The van der Waals surface area contributed by atoms with Gasteiger partial charge in [-0.3, -0.25) is 0 Å². The third-order valence-electron chi connectivity index (χ3n) is 2.74. The Balaban J connectivity index is 2.26. The summed E-state index contributed by atoms with van der Waals surface area (Å²) in [6.07, 6.45) is -5.15. The summed E-state index contributed by atoms with van der Waals surface area (Å²) in [6.45, 7) is 4.53. The Morgan fingerprint density at radius 1 is 1.23 bits per heavy atom. The molecule has 0 N–H and O–H groups in total. The number of benzene rings is 1. The first kappa shape index (κ1) is 16.5. The minimum atomic E-state index is -5.22. The molecule has 1 aromatic heterocycles. The van der Waals surface area contributed by atoms with E-state index in [1.165, 1.54) is 28.9 Å². The minimum Gasteiger partial charge on any atom is -0.447 e. The number of hydrogen-bond donors (Lipinski definition) is 0. The van der Waals surface area contributed by atoms with Crippen LogP contribution in [0.1, 0.15) is 5.82 Å². The highest BCUT2D eigenvalue weighted by molar-refractivity contribution is 9.10. The summed E-state index contributed by atoms with van der Waals surface area (Å²) in [7, 11) is 0. The molecule has 1 heterocycles. The van der Waals surface area contributed by atoms with E-state index in [2.05, 4.69) is 37.3 Å². The van der Waals surface area contributed by atoms with Gasteiger partial charge in [-0.2, -0.15) is 17.6 Å². The maximum Gasteiger partial charge on any atom is 0.464 e. The lowest BCUT2D eigenvalue weighted by molar-refractivity contribution is -0.278. The Morgan fingerprint density at radius 2 is 1.82 bits per heavy atom. The van der Waals surface area contributed by atoms with Crippen LogP contribution in [0.5, 0.6) is 5.75 Å². The van der Waals surface area contributed by atoms with Crippen LogP contribution in [-0.2, 0) is 0 Å². The van der Waals surface area contributed by atoms with Gasteiger partial charge < -0.3 is 4.74 Å². The summed E-state index contributed by atoms with van der Waals surface area (Å²) in [4.78, 5) is 4.03. The number of ether oxygens (including phenoxy) is 1. The summed E-state index contributed by atoms with van der Waals surface area (Å²) in [5.74, 6) is -3.66. The van der Waals surface area contributed by atoms with Crippen molar-refractivity contribution < 1.29 is 22.3 Å². The molecule has 22 heavy (non-hydrogen) atoms. The SMILES string of the molecule is C=CC(F)(Oc1ccc(-n2nc(Br)nc2C)cc1)C(F)(F)F. The van der Waals surface area contributed by atoms with Crippen LogP contribution >= 0.6 is 15.9 Å². The highest BCUT2D eigenvalue weighted by Crippen LogP contribution is 2.37. The van der Waals surface area contributed by atoms with Crippen LogP contribution < -0.4 is 4.74 Å². The van der Waals surface area contributed by atoms with Gasteiger partial charge in [0.1, 0.15) is 11.6 Å². The molecule has 0 fully saturated rings. The monoisotopic (exact) mass is 379 g/mol. The van der Waals surface area contributed by atoms with E-state index in [0.717, 1.165) is 0 Å². The summed E-state index contributed by atoms with van der Waals surface area (Å²) in [6, 6.07) is 5.27. The van der Waals surface area contributed by atoms with E-state index in [0.29, 0.717) is 16.2 Å². The normalized spacial score (nSPS) is 14.5. The van der Waals surface area contributed by atoms with Crippen LogP contribution in [0, 0.1) is 6.92 Å². The first-order valence-electron chi connectivity index (χ1n) is 5.94. The second-order valence-corrected chi connectivity index (χ2v) is 4.99. The van der Waals surface area contributed by atoms with E-state index in [1.807, 2.05) is 0 Å². The number of hydrogen-bond acceptors (Lipinski definition) is 3. The van der Waals surface area contributed by atoms with Crippen molar-refractivity contribution in [2.24, 2.45) is 0 Å². The van der Waals surface area contributed by atoms with Gasteiger partial charge in [0.05, 0.1) is 5.69 Å². The fourth-order valence-corrected chi connectivity index (χ4v) is 2.06. The molecule has 1 unspecified atom stereocenters. The molecule has 0 aliphatic heterocycles. The quantitative estimate of drug-likeness (QED) is 0.592. The number of rotatable bonds is 4. The van der Waals surface area contributed by atoms with Gasteiger partial charge in [0.2, 0.25) is 4.73 Å². The largest absolute Gasteiger partial charge is 0.464 e. The Hall–Kier alpha value is -1.90. The minimum absolute atomic E-state index is 0.0690. The summed E-state index contributed by atoms with van der Waals surface area (Å²) in [5.41, 5.74) is 0.540. The van der Waals surface area contributed by atoms with Crippen molar-refractivity contribution >= 4 is 15.9 Å². The average Bonchev–Trinajstić information content (AvgIpc) is 2.77. The molecule has 0 radical (unpaired) electrons. The summed E-state index contributed by atoms with van der Waals surface area (Å²) >= 11 is 3.11. The Morgan fingerprint density at radius 3 is 2.23 bits per heavy atom. The number of alkyl halides is 4. The molecular weight excluding hydrogens is 370 g/mol. The predicted octanol–water partition coefficient (Wildman–Crippen LogP) is 4.13. The molecule has 1 aromatic carbocycles. The zero-order chi connectivity index (χ0) is 16.5. The molecule has 0 saturated carbocycles. The van der Waals surface area contributed by atoms with E-state index >= 15 is 0 Å². The van der Waals surface area contributed by atoms with Gasteiger partial charge >= 0.3 is 12.0 Å². The fraction of sp³-hybridized carbons (Fsp3) is 0.231. The first-order valence-corrected chi connectivity index (χ1v) is 6.73. The van der Waals surface area contributed by atoms with Crippen molar-refractivity contribution in [1.82, 2.24) is 14.8 Å². The van der Waals surface area contributed by atoms with Crippen molar-refractivity contribution in [3.8, 4) is 11.4 Å². The van der Waals surface area contributed by atoms with Gasteiger partial charge in [-0.1, -0.05) is 6.58 Å². The lowest BCUT2D eigenvalue weighted by Crippen LogP contribution is -2.44. The molecule has 4 nitrogen and oxygen atoms in total. The van der Waals surface area contributed by atoms with Crippen LogP contribution in [0.4, 0.5) is 17.6 Å². The fourth-order valence-electron chi connectivity index (χ4n) is 1.64. The second kappa shape index (κ2) is 5.71. The van der Waals surface area contributed by atoms with Crippen molar-refractivity contribution in [2.75, 3.05) is 0 Å². The molecule has 9 heteroatoms.